The third-order valence-corrected chi connectivity index (χ3v) is 5.18. The molecule has 1 heterocycles. The summed E-state index contributed by atoms with van der Waals surface area (Å²) in [5.74, 6) is -0.120. The summed E-state index contributed by atoms with van der Waals surface area (Å²) in [5, 5.41) is 9.14. The van der Waals surface area contributed by atoms with Crippen LogP contribution in [0.25, 0.3) is 0 Å². The molecule has 3 fully saturated rings. The van der Waals surface area contributed by atoms with Gasteiger partial charge in [0.25, 0.3) is 0 Å². The Bertz CT molecular complexity index is 418. The van der Waals surface area contributed by atoms with Crippen molar-refractivity contribution in [3.8, 4) is 0 Å². The zero-order chi connectivity index (χ0) is 15.0. The summed E-state index contributed by atoms with van der Waals surface area (Å²) in [5.41, 5.74) is 0. The number of hydrogen-bond acceptors (Lipinski definition) is 3. The van der Waals surface area contributed by atoms with Gasteiger partial charge in [0.1, 0.15) is 0 Å². The Hall–Kier alpha value is -1.10. The molecule has 1 N–H and O–H groups in total. The van der Waals surface area contributed by atoms with Crippen molar-refractivity contribution in [2.45, 2.75) is 57.5 Å². The van der Waals surface area contributed by atoms with E-state index in [1.54, 1.807) is 0 Å². The van der Waals surface area contributed by atoms with Crippen LogP contribution >= 0.6 is 0 Å². The molecule has 0 aromatic rings. The van der Waals surface area contributed by atoms with E-state index in [1.807, 2.05) is 4.90 Å². The third-order valence-electron chi connectivity index (χ3n) is 5.18. The molecule has 1 saturated heterocycles. The van der Waals surface area contributed by atoms with Gasteiger partial charge in [0.2, 0.25) is 5.91 Å². The van der Waals surface area contributed by atoms with Gasteiger partial charge >= 0.3 is 5.97 Å². The zero-order valence-corrected chi connectivity index (χ0v) is 12.8. The van der Waals surface area contributed by atoms with Crippen molar-refractivity contribution in [2.75, 3.05) is 19.6 Å². The van der Waals surface area contributed by atoms with Gasteiger partial charge in [-0.05, 0) is 57.9 Å². The number of carboxylic acids is 1. The summed E-state index contributed by atoms with van der Waals surface area (Å²) >= 11 is 0. The molecule has 0 radical (unpaired) electrons. The summed E-state index contributed by atoms with van der Waals surface area (Å²) in [6.45, 7) is 3.96. The van der Waals surface area contributed by atoms with Crippen LogP contribution in [0.1, 0.15) is 45.4 Å². The van der Waals surface area contributed by atoms with E-state index >= 15 is 0 Å². The molecule has 5 heteroatoms. The Morgan fingerprint density at radius 2 is 1.95 bits per heavy atom. The molecule has 0 aromatic heterocycles. The van der Waals surface area contributed by atoms with Gasteiger partial charge in [0, 0.05) is 18.6 Å². The molecule has 1 amide bonds. The highest BCUT2D eigenvalue weighted by molar-refractivity contribution is 5.79. The fraction of sp³-hybridized carbons (Fsp3) is 0.875. The Balaban J connectivity index is 1.57. The van der Waals surface area contributed by atoms with Crippen LogP contribution in [0.4, 0.5) is 0 Å². The number of carboxylic acid groups (broad SMARTS) is 1. The highest BCUT2D eigenvalue weighted by Crippen LogP contribution is 2.39. The minimum absolute atomic E-state index is 0.211. The molecule has 0 aromatic carbocycles. The van der Waals surface area contributed by atoms with Crippen LogP contribution in [0.2, 0.25) is 0 Å². The number of piperidine rings is 1. The van der Waals surface area contributed by atoms with Crippen LogP contribution in [0.15, 0.2) is 0 Å². The quantitative estimate of drug-likeness (QED) is 0.808. The first-order valence-corrected chi connectivity index (χ1v) is 8.32. The maximum atomic E-state index is 12.7. The summed E-state index contributed by atoms with van der Waals surface area (Å²) < 4.78 is 0. The molecule has 2 aliphatic carbocycles. The first-order valence-electron chi connectivity index (χ1n) is 8.32. The predicted molar refractivity (Wildman–Crippen MR) is 78.9 cm³/mol. The number of aliphatic carboxylic acids is 1. The summed E-state index contributed by atoms with van der Waals surface area (Å²) in [7, 11) is 0. The van der Waals surface area contributed by atoms with Crippen molar-refractivity contribution in [1.82, 2.24) is 9.80 Å². The molecule has 2 unspecified atom stereocenters. The summed E-state index contributed by atoms with van der Waals surface area (Å²) in [6.07, 6.45) is 6.41. The highest BCUT2D eigenvalue weighted by Gasteiger charge is 2.42. The highest BCUT2D eigenvalue weighted by atomic mass is 16.4. The van der Waals surface area contributed by atoms with Crippen molar-refractivity contribution in [3.05, 3.63) is 0 Å². The summed E-state index contributed by atoms with van der Waals surface area (Å²) in [4.78, 5) is 28.0. The minimum Gasteiger partial charge on any atom is -0.481 e. The Kier molecular flexibility index (Phi) is 4.20. The number of likely N-dealkylation sites (tertiary alicyclic amines) is 1. The maximum Gasteiger partial charge on any atom is 0.307 e. The molecule has 0 spiro atoms. The number of rotatable bonds is 6. The van der Waals surface area contributed by atoms with E-state index in [0.717, 1.165) is 32.2 Å². The van der Waals surface area contributed by atoms with E-state index in [2.05, 4.69) is 11.8 Å². The lowest BCUT2D eigenvalue weighted by Gasteiger charge is -2.34. The normalized spacial score (nSPS) is 28.1. The van der Waals surface area contributed by atoms with Crippen molar-refractivity contribution in [3.63, 3.8) is 0 Å². The van der Waals surface area contributed by atoms with E-state index in [0.29, 0.717) is 31.1 Å². The third kappa shape index (κ3) is 3.57. The van der Waals surface area contributed by atoms with Gasteiger partial charge in [-0.1, -0.05) is 0 Å². The Morgan fingerprint density at radius 1 is 1.24 bits per heavy atom. The minimum atomic E-state index is -0.724. The molecular formula is C16H26N2O3. The van der Waals surface area contributed by atoms with E-state index in [-0.39, 0.29) is 11.8 Å². The SMILES string of the molecule is CC(C1CC1)N(C(=O)CN1CCCC(C(=O)O)C1)C1CC1. The second-order valence-corrected chi connectivity index (χ2v) is 7.02. The van der Waals surface area contributed by atoms with E-state index < -0.39 is 5.97 Å². The standard InChI is InChI=1S/C16H26N2O3/c1-11(12-4-5-12)18(14-6-7-14)15(19)10-17-8-2-3-13(9-17)16(20)21/h11-14H,2-10H2,1H3,(H,20,21). The van der Waals surface area contributed by atoms with E-state index in [1.165, 1.54) is 12.8 Å². The Morgan fingerprint density at radius 3 is 2.52 bits per heavy atom. The lowest BCUT2D eigenvalue weighted by Crippen LogP contribution is -2.49. The van der Waals surface area contributed by atoms with Crippen LogP contribution in [-0.2, 0) is 9.59 Å². The molecule has 2 atom stereocenters. The fourth-order valence-corrected chi connectivity index (χ4v) is 3.60. The van der Waals surface area contributed by atoms with Crippen LogP contribution < -0.4 is 0 Å². The van der Waals surface area contributed by atoms with Crippen LogP contribution in [0.3, 0.4) is 0 Å². The second kappa shape index (κ2) is 5.95. The lowest BCUT2D eigenvalue weighted by atomic mass is 9.98. The van der Waals surface area contributed by atoms with Gasteiger partial charge in [-0.3, -0.25) is 14.5 Å². The number of nitrogens with zero attached hydrogens (tertiary/aromatic N) is 2. The van der Waals surface area contributed by atoms with E-state index in [4.69, 9.17) is 5.11 Å². The number of hydrogen-bond donors (Lipinski definition) is 1. The van der Waals surface area contributed by atoms with Gasteiger partial charge in [0.05, 0.1) is 12.5 Å². The number of carbonyl (C=O) groups excluding carboxylic acids is 1. The second-order valence-electron chi connectivity index (χ2n) is 7.02. The van der Waals surface area contributed by atoms with Crippen LogP contribution in [0.5, 0.6) is 0 Å². The smallest absolute Gasteiger partial charge is 0.307 e. The van der Waals surface area contributed by atoms with Crippen molar-refractivity contribution in [1.29, 1.82) is 0 Å². The monoisotopic (exact) mass is 294 g/mol. The average molecular weight is 294 g/mol. The van der Waals surface area contributed by atoms with Crippen molar-refractivity contribution in [2.24, 2.45) is 11.8 Å². The zero-order valence-electron chi connectivity index (χ0n) is 12.8. The first-order chi connectivity index (χ1) is 10.1. The summed E-state index contributed by atoms with van der Waals surface area (Å²) in [6, 6.07) is 0.818. The number of carbonyl (C=O) groups is 2. The first kappa shape index (κ1) is 14.8. The number of amides is 1. The molecule has 5 nitrogen and oxygen atoms in total. The molecule has 0 bridgehead atoms. The van der Waals surface area contributed by atoms with Crippen molar-refractivity contribution < 1.29 is 14.7 Å². The van der Waals surface area contributed by atoms with Crippen molar-refractivity contribution >= 4 is 11.9 Å². The molecule has 3 rings (SSSR count). The maximum absolute atomic E-state index is 12.7. The predicted octanol–water partition coefficient (Wildman–Crippen LogP) is 1.57. The molecule has 2 saturated carbocycles. The van der Waals surface area contributed by atoms with Gasteiger partial charge in [-0.15, -0.1) is 0 Å². The Labute approximate surface area is 126 Å². The van der Waals surface area contributed by atoms with E-state index in [9.17, 15) is 9.59 Å². The molecule has 1 aliphatic heterocycles. The van der Waals surface area contributed by atoms with Gasteiger partial charge < -0.3 is 10.0 Å². The van der Waals surface area contributed by atoms with Gasteiger partial charge in [-0.2, -0.15) is 0 Å². The fourth-order valence-electron chi connectivity index (χ4n) is 3.60. The topological polar surface area (TPSA) is 60.9 Å². The average Bonchev–Trinajstić information content (AvgIpc) is 3.31. The lowest BCUT2D eigenvalue weighted by molar-refractivity contribution is -0.145. The largest absolute Gasteiger partial charge is 0.481 e. The van der Waals surface area contributed by atoms with Gasteiger partial charge in [0.15, 0.2) is 0 Å². The molecule has 118 valence electrons. The van der Waals surface area contributed by atoms with Crippen LogP contribution in [0, 0.1) is 11.8 Å². The molecular weight excluding hydrogens is 268 g/mol. The molecule has 3 aliphatic rings. The van der Waals surface area contributed by atoms with Gasteiger partial charge in [-0.25, -0.2) is 0 Å². The molecule has 21 heavy (non-hydrogen) atoms. The van der Waals surface area contributed by atoms with Crippen LogP contribution in [-0.4, -0.2) is 58.5 Å².